The zero-order valence-electron chi connectivity index (χ0n) is 13.6. The van der Waals surface area contributed by atoms with Crippen molar-refractivity contribution in [3.05, 3.63) is 52.2 Å². The van der Waals surface area contributed by atoms with Crippen molar-refractivity contribution in [1.82, 2.24) is 19.7 Å². The average Bonchev–Trinajstić information content (AvgIpc) is 3.07. The quantitative estimate of drug-likeness (QED) is 0.926. The zero-order chi connectivity index (χ0) is 16.5. The van der Waals surface area contributed by atoms with Gasteiger partial charge in [-0.1, -0.05) is 30.3 Å². The van der Waals surface area contributed by atoms with Gasteiger partial charge in [-0.05, 0) is 31.2 Å². The van der Waals surface area contributed by atoms with Crippen molar-refractivity contribution in [2.24, 2.45) is 0 Å². The summed E-state index contributed by atoms with van der Waals surface area (Å²) in [5.41, 5.74) is 1.12. The Bertz CT molecular complexity index is 780. The van der Waals surface area contributed by atoms with Crippen LogP contribution < -0.4 is 5.69 Å². The lowest BCUT2D eigenvalue weighted by Crippen LogP contribution is -2.42. The first-order valence-corrected chi connectivity index (χ1v) is 8.71. The molecule has 1 N–H and O–H groups in total. The molecule has 1 saturated heterocycles. The fourth-order valence-electron chi connectivity index (χ4n) is 4.08. The maximum Gasteiger partial charge on any atom is 0.343 e. The third kappa shape index (κ3) is 2.77. The van der Waals surface area contributed by atoms with Crippen LogP contribution in [0.15, 0.2) is 35.1 Å². The number of H-pyrrole nitrogens is 1. The zero-order valence-corrected chi connectivity index (χ0v) is 13.6. The number of amides is 1. The fourth-order valence-corrected chi connectivity index (χ4v) is 4.08. The molecule has 0 saturated carbocycles. The molecule has 0 unspecified atom stereocenters. The van der Waals surface area contributed by atoms with Gasteiger partial charge in [0.1, 0.15) is 5.82 Å². The topological polar surface area (TPSA) is 71.0 Å². The van der Waals surface area contributed by atoms with E-state index in [9.17, 15) is 9.59 Å². The minimum atomic E-state index is -0.158. The number of carbonyl (C=O) groups is 1. The van der Waals surface area contributed by atoms with E-state index in [1.165, 1.54) is 5.56 Å². The molecular weight excluding hydrogens is 304 g/mol. The molecule has 2 aromatic rings. The molecular formula is C18H22N4O2. The number of benzene rings is 1. The van der Waals surface area contributed by atoms with Gasteiger partial charge in [-0.25, -0.2) is 9.89 Å². The second-order valence-corrected chi connectivity index (χ2v) is 6.78. The van der Waals surface area contributed by atoms with Crippen molar-refractivity contribution in [3.63, 3.8) is 0 Å². The van der Waals surface area contributed by atoms with E-state index in [0.717, 1.165) is 31.5 Å². The van der Waals surface area contributed by atoms with Crippen LogP contribution in [0.2, 0.25) is 0 Å². The van der Waals surface area contributed by atoms with Crippen molar-refractivity contribution in [3.8, 4) is 0 Å². The van der Waals surface area contributed by atoms with E-state index in [-0.39, 0.29) is 23.7 Å². The van der Waals surface area contributed by atoms with Gasteiger partial charge in [0.05, 0.1) is 6.04 Å². The number of hydrogen-bond donors (Lipinski definition) is 1. The van der Waals surface area contributed by atoms with Crippen LogP contribution in [0.25, 0.3) is 0 Å². The molecule has 1 amide bonds. The van der Waals surface area contributed by atoms with Crippen LogP contribution in [0, 0.1) is 0 Å². The molecule has 126 valence electrons. The number of fused-ring (bicyclic) bond motifs is 3. The van der Waals surface area contributed by atoms with Crippen molar-refractivity contribution in [2.75, 3.05) is 0 Å². The summed E-state index contributed by atoms with van der Waals surface area (Å²) >= 11 is 0. The Labute approximate surface area is 140 Å². The van der Waals surface area contributed by atoms with Gasteiger partial charge in [-0.2, -0.15) is 5.10 Å². The smallest absolute Gasteiger partial charge is 0.334 e. The van der Waals surface area contributed by atoms with Gasteiger partial charge in [-0.15, -0.1) is 0 Å². The van der Waals surface area contributed by atoms with Gasteiger partial charge < -0.3 is 4.90 Å². The molecule has 24 heavy (non-hydrogen) atoms. The van der Waals surface area contributed by atoms with Crippen LogP contribution in [-0.2, 0) is 24.2 Å². The number of carbonyl (C=O) groups excluding carboxylic acids is 1. The Hall–Kier alpha value is -2.37. The third-order valence-corrected chi connectivity index (χ3v) is 5.26. The molecule has 0 aliphatic carbocycles. The summed E-state index contributed by atoms with van der Waals surface area (Å²) in [7, 11) is 0. The van der Waals surface area contributed by atoms with Gasteiger partial charge in [0, 0.05) is 25.4 Å². The lowest BCUT2D eigenvalue weighted by molar-refractivity contribution is -0.134. The van der Waals surface area contributed by atoms with E-state index in [2.05, 4.69) is 22.3 Å². The highest BCUT2D eigenvalue weighted by molar-refractivity contribution is 5.77. The molecule has 6 nitrogen and oxygen atoms in total. The summed E-state index contributed by atoms with van der Waals surface area (Å²) in [6.45, 7) is 0.575. The highest BCUT2D eigenvalue weighted by Crippen LogP contribution is 2.31. The summed E-state index contributed by atoms with van der Waals surface area (Å²) in [6, 6.07) is 10.6. The third-order valence-electron chi connectivity index (χ3n) is 5.26. The molecule has 4 rings (SSSR count). The lowest BCUT2D eigenvalue weighted by Gasteiger charge is -2.28. The first kappa shape index (κ1) is 15.2. The maximum absolute atomic E-state index is 12.8. The number of nitrogens with zero attached hydrogens (tertiary/aromatic N) is 3. The van der Waals surface area contributed by atoms with Gasteiger partial charge >= 0.3 is 5.69 Å². The van der Waals surface area contributed by atoms with Crippen LogP contribution in [0.3, 0.4) is 0 Å². The van der Waals surface area contributed by atoms with Crippen LogP contribution in [0.1, 0.15) is 37.1 Å². The Morgan fingerprint density at radius 2 is 2.00 bits per heavy atom. The number of nitrogens with one attached hydrogen (secondary N) is 1. The predicted octanol–water partition coefficient (Wildman–Crippen LogP) is 1.51. The summed E-state index contributed by atoms with van der Waals surface area (Å²) in [5, 5.41) is 6.64. The SMILES string of the molecule is O=C(CCCc1ccccc1)N1[C@@H]2CC[C@H]1Cc1n[nH]c(=O)n1C2. The highest BCUT2D eigenvalue weighted by Gasteiger charge is 2.40. The van der Waals surface area contributed by atoms with Crippen LogP contribution in [0.4, 0.5) is 0 Å². The summed E-state index contributed by atoms with van der Waals surface area (Å²) in [6.07, 6.45) is 5.03. The molecule has 0 radical (unpaired) electrons. The number of aryl methyl sites for hydroxylation is 1. The highest BCUT2D eigenvalue weighted by atomic mass is 16.2. The van der Waals surface area contributed by atoms with Crippen LogP contribution >= 0.6 is 0 Å². The molecule has 2 aliphatic heterocycles. The fraction of sp³-hybridized carbons (Fsp3) is 0.500. The standard InChI is InChI=1S/C18H22N4O2/c23-17(8-4-7-13-5-2-1-3-6-13)22-14-9-10-15(22)12-21-16(11-14)19-20-18(21)24/h1-3,5-6,14-15H,4,7-12H2,(H,20,24)/t14-,15+/m0/s1. The van der Waals surface area contributed by atoms with Crippen molar-refractivity contribution >= 4 is 5.91 Å². The normalized spacial score (nSPS) is 22.2. The molecule has 2 atom stereocenters. The minimum absolute atomic E-state index is 0.135. The molecule has 2 aliphatic rings. The maximum atomic E-state index is 12.8. The average molecular weight is 326 g/mol. The first-order chi connectivity index (χ1) is 11.7. The van der Waals surface area contributed by atoms with Crippen LogP contribution in [0.5, 0.6) is 0 Å². The number of aromatic amines is 1. The van der Waals surface area contributed by atoms with E-state index in [1.807, 2.05) is 23.1 Å². The molecule has 0 spiro atoms. The van der Waals surface area contributed by atoms with E-state index in [4.69, 9.17) is 0 Å². The predicted molar refractivity (Wildman–Crippen MR) is 89.6 cm³/mol. The Morgan fingerprint density at radius 1 is 1.21 bits per heavy atom. The second kappa shape index (κ2) is 6.26. The van der Waals surface area contributed by atoms with Gasteiger partial charge in [0.15, 0.2) is 0 Å². The number of hydrogen-bond acceptors (Lipinski definition) is 3. The summed E-state index contributed by atoms with van der Waals surface area (Å²) in [4.78, 5) is 26.7. The van der Waals surface area contributed by atoms with E-state index >= 15 is 0 Å². The minimum Gasteiger partial charge on any atom is -0.334 e. The molecule has 1 fully saturated rings. The molecule has 1 aromatic heterocycles. The van der Waals surface area contributed by atoms with Gasteiger partial charge in [0.2, 0.25) is 5.91 Å². The van der Waals surface area contributed by atoms with E-state index in [0.29, 0.717) is 19.4 Å². The van der Waals surface area contributed by atoms with Gasteiger partial charge in [0.25, 0.3) is 0 Å². The first-order valence-electron chi connectivity index (χ1n) is 8.71. The van der Waals surface area contributed by atoms with Crippen molar-refractivity contribution < 1.29 is 4.79 Å². The molecule has 2 bridgehead atoms. The molecule has 3 heterocycles. The second-order valence-electron chi connectivity index (χ2n) is 6.78. The summed E-state index contributed by atoms with van der Waals surface area (Å²) < 4.78 is 1.70. The summed E-state index contributed by atoms with van der Waals surface area (Å²) in [5.74, 6) is 1.01. The number of aromatic nitrogens is 3. The Morgan fingerprint density at radius 3 is 2.83 bits per heavy atom. The van der Waals surface area contributed by atoms with Crippen molar-refractivity contribution in [1.29, 1.82) is 0 Å². The monoisotopic (exact) mass is 326 g/mol. The molecule has 6 heteroatoms. The van der Waals surface area contributed by atoms with Crippen LogP contribution in [-0.4, -0.2) is 37.7 Å². The Balaban J connectivity index is 1.41. The van der Waals surface area contributed by atoms with E-state index < -0.39 is 0 Å². The largest absolute Gasteiger partial charge is 0.343 e. The molecule has 1 aromatic carbocycles. The Kier molecular flexibility index (Phi) is 3.96. The number of rotatable bonds is 4. The van der Waals surface area contributed by atoms with E-state index in [1.54, 1.807) is 4.57 Å². The lowest BCUT2D eigenvalue weighted by atomic mass is 10.1. The van der Waals surface area contributed by atoms with Crippen molar-refractivity contribution in [2.45, 2.75) is 57.2 Å². The van der Waals surface area contributed by atoms with Gasteiger partial charge in [-0.3, -0.25) is 9.36 Å².